The van der Waals surface area contributed by atoms with Crippen LogP contribution >= 0.6 is 0 Å². The topological polar surface area (TPSA) is 115 Å². The monoisotopic (exact) mass is 445 g/mol. The number of aromatic nitrogens is 4. The van der Waals surface area contributed by atoms with Crippen LogP contribution in [-0.4, -0.2) is 39.8 Å². The van der Waals surface area contributed by atoms with Crippen molar-refractivity contribution in [1.29, 1.82) is 0 Å². The molecule has 10 nitrogen and oxygen atoms in total. The van der Waals surface area contributed by atoms with Crippen LogP contribution < -0.4 is 25.4 Å². The van der Waals surface area contributed by atoms with E-state index in [2.05, 4.69) is 30.9 Å². The van der Waals surface area contributed by atoms with Crippen LogP contribution in [0.2, 0.25) is 0 Å². The number of urea groups is 1. The number of hydrogen-bond donors (Lipinski definition) is 3. The first-order valence-corrected chi connectivity index (χ1v) is 10.0. The van der Waals surface area contributed by atoms with Gasteiger partial charge in [0.15, 0.2) is 0 Å². The fourth-order valence-electron chi connectivity index (χ4n) is 3.13. The number of hydrogen-bond acceptors (Lipinski definition) is 7. The molecule has 0 bridgehead atoms. The Kier molecular flexibility index (Phi) is 6.35. The lowest BCUT2D eigenvalue weighted by atomic mass is 10.2. The first-order valence-electron chi connectivity index (χ1n) is 10.0. The molecule has 2 amide bonds. The number of rotatable bonds is 7. The van der Waals surface area contributed by atoms with Crippen LogP contribution in [0, 0.1) is 6.92 Å². The number of benzene rings is 2. The molecule has 0 aliphatic rings. The van der Waals surface area contributed by atoms with E-state index in [1.165, 1.54) is 6.33 Å². The zero-order chi connectivity index (χ0) is 23.2. The molecule has 33 heavy (non-hydrogen) atoms. The van der Waals surface area contributed by atoms with Crippen molar-refractivity contribution in [2.75, 3.05) is 30.2 Å². The predicted octanol–water partition coefficient (Wildman–Crippen LogP) is 4.38. The quantitative estimate of drug-likeness (QED) is 0.387. The fourth-order valence-corrected chi connectivity index (χ4v) is 3.13. The van der Waals surface area contributed by atoms with Gasteiger partial charge in [0.25, 0.3) is 0 Å². The highest BCUT2D eigenvalue weighted by Crippen LogP contribution is 2.26. The minimum absolute atomic E-state index is 0.387. The Labute approximate surface area is 190 Å². The Balaban J connectivity index is 1.39. The molecule has 3 N–H and O–H groups in total. The lowest BCUT2D eigenvalue weighted by Crippen LogP contribution is -2.19. The maximum atomic E-state index is 12.4. The lowest BCUT2D eigenvalue weighted by molar-refractivity contribution is 0.262. The van der Waals surface area contributed by atoms with Crippen LogP contribution in [0.3, 0.4) is 0 Å². The molecular formula is C23H23N7O3. The average molecular weight is 445 g/mol. The van der Waals surface area contributed by atoms with E-state index in [0.717, 1.165) is 11.5 Å². The summed E-state index contributed by atoms with van der Waals surface area (Å²) >= 11 is 0. The summed E-state index contributed by atoms with van der Waals surface area (Å²) < 4.78 is 12.3. The number of amides is 2. The van der Waals surface area contributed by atoms with Crippen molar-refractivity contribution in [1.82, 2.24) is 19.5 Å². The SMILES string of the molecule is COc1cc(NC(=O)Nc2ccc(Nc3cc(-n4ccnc4C)ncn3)cc2)cc(OC)c1. The third-order valence-electron chi connectivity index (χ3n) is 4.75. The summed E-state index contributed by atoms with van der Waals surface area (Å²) in [6, 6.07) is 13.8. The van der Waals surface area contributed by atoms with E-state index in [9.17, 15) is 4.79 Å². The van der Waals surface area contributed by atoms with Crippen molar-refractivity contribution in [3.8, 4) is 17.3 Å². The van der Waals surface area contributed by atoms with Gasteiger partial charge in [-0.3, -0.25) is 4.57 Å². The molecule has 0 aliphatic heterocycles. The molecule has 0 radical (unpaired) electrons. The first-order chi connectivity index (χ1) is 16.0. The maximum absolute atomic E-state index is 12.4. The summed E-state index contributed by atoms with van der Waals surface area (Å²) in [5, 5.41) is 8.79. The molecular weight excluding hydrogens is 422 g/mol. The van der Waals surface area contributed by atoms with Crippen LogP contribution in [0.5, 0.6) is 11.5 Å². The van der Waals surface area contributed by atoms with Crippen molar-refractivity contribution in [2.24, 2.45) is 0 Å². The Morgan fingerprint density at radius 1 is 0.848 bits per heavy atom. The van der Waals surface area contributed by atoms with E-state index in [1.54, 1.807) is 50.7 Å². The second kappa shape index (κ2) is 9.69. The molecule has 10 heteroatoms. The van der Waals surface area contributed by atoms with Crippen LogP contribution in [0.4, 0.5) is 27.7 Å². The second-order valence-corrected chi connectivity index (χ2v) is 6.99. The van der Waals surface area contributed by atoms with Crippen molar-refractivity contribution >= 4 is 28.9 Å². The molecule has 0 spiro atoms. The molecule has 0 saturated carbocycles. The Bertz CT molecular complexity index is 1230. The molecule has 4 aromatic rings. The molecule has 2 aromatic carbocycles. The Morgan fingerprint density at radius 2 is 1.52 bits per heavy atom. The number of ether oxygens (including phenoxy) is 2. The third kappa shape index (κ3) is 5.37. The number of nitrogens with one attached hydrogen (secondary N) is 3. The first kappa shape index (κ1) is 21.6. The number of carbonyl (C=O) groups is 1. The van der Waals surface area contributed by atoms with E-state index < -0.39 is 0 Å². The molecule has 0 aliphatic carbocycles. The number of aryl methyl sites for hydroxylation is 1. The summed E-state index contributed by atoms with van der Waals surface area (Å²) in [7, 11) is 3.10. The summed E-state index contributed by atoms with van der Waals surface area (Å²) in [5.41, 5.74) is 1.99. The number of anilines is 4. The average Bonchev–Trinajstić information content (AvgIpc) is 3.26. The molecule has 0 fully saturated rings. The van der Waals surface area contributed by atoms with Crippen molar-refractivity contribution in [3.05, 3.63) is 73.1 Å². The number of nitrogens with zero attached hydrogens (tertiary/aromatic N) is 4. The fraction of sp³-hybridized carbons (Fsp3) is 0.130. The highest BCUT2D eigenvalue weighted by molar-refractivity contribution is 6.00. The van der Waals surface area contributed by atoms with E-state index in [-0.39, 0.29) is 6.03 Å². The van der Waals surface area contributed by atoms with Crippen molar-refractivity contribution < 1.29 is 14.3 Å². The predicted molar refractivity (Wildman–Crippen MR) is 126 cm³/mol. The Hall–Kier alpha value is -4.60. The minimum Gasteiger partial charge on any atom is -0.497 e. The number of methoxy groups -OCH3 is 2. The van der Waals surface area contributed by atoms with Gasteiger partial charge >= 0.3 is 6.03 Å². The summed E-state index contributed by atoms with van der Waals surface area (Å²) in [5.74, 6) is 3.35. The normalized spacial score (nSPS) is 10.4. The van der Waals surface area contributed by atoms with Gasteiger partial charge in [0.05, 0.1) is 14.2 Å². The van der Waals surface area contributed by atoms with Gasteiger partial charge in [0, 0.05) is 53.7 Å². The van der Waals surface area contributed by atoms with Gasteiger partial charge in [0.1, 0.15) is 35.3 Å². The third-order valence-corrected chi connectivity index (χ3v) is 4.75. The van der Waals surface area contributed by atoms with Gasteiger partial charge in [-0.05, 0) is 31.2 Å². The van der Waals surface area contributed by atoms with Gasteiger partial charge < -0.3 is 25.4 Å². The van der Waals surface area contributed by atoms with E-state index >= 15 is 0 Å². The van der Waals surface area contributed by atoms with Gasteiger partial charge in [-0.15, -0.1) is 0 Å². The second-order valence-electron chi connectivity index (χ2n) is 6.99. The zero-order valence-electron chi connectivity index (χ0n) is 18.4. The summed E-state index contributed by atoms with van der Waals surface area (Å²) in [6.07, 6.45) is 5.05. The molecule has 2 aromatic heterocycles. The van der Waals surface area contributed by atoms with E-state index in [4.69, 9.17) is 9.47 Å². The summed E-state index contributed by atoms with van der Waals surface area (Å²) in [4.78, 5) is 25.2. The number of carbonyl (C=O) groups excluding carboxylic acids is 1. The molecule has 0 atom stereocenters. The lowest BCUT2D eigenvalue weighted by Gasteiger charge is -2.12. The van der Waals surface area contributed by atoms with E-state index in [0.29, 0.717) is 34.5 Å². The number of imidazole rings is 1. The zero-order valence-corrected chi connectivity index (χ0v) is 18.4. The van der Waals surface area contributed by atoms with Crippen LogP contribution in [0.25, 0.3) is 5.82 Å². The van der Waals surface area contributed by atoms with Crippen LogP contribution in [0.15, 0.2) is 67.3 Å². The van der Waals surface area contributed by atoms with Crippen LogP contribution in [-0.2, 0) is 0 Å². The standard InChI is InChI=1S/C23H23N7O3/c1-15-24-8-9-30(15)22-13-21(25-14-26-22)27-16-4-6-17(7-5-16)28-23(31)29-18-10-19(32-2)12-20(11-18)33-3/h4-14H,1-3H3,(H,25,26,27)(H2,28,29,31). The largest absolute Gasteiger partial charge is 0.497 e. The van der Waals surface area contributed by atoms with E-state index in [1.807, 2.05) is 35.9 Å². The maximum Gasteiger partial charge on any atom is 0.323 e. The molecule has 4 rings (SSSR count). The molecule has 168 valence electrons. The highest BCUT2D eigenvalue weighted by atomic mass is 16.5. The van der Waals surface area contributed by atoms with Crippen molar-refractivity contribution in [3.63, 3.8) is 0 Å². The molecule has 0 unspecified atom stereocenters. The van der Waals surface area contributed by atoms with Crippen LogP contribution in [0.1, 0.15) is 5.82 Å². The smallest absolute Gasteiger partial charge is 0.323 e. The highest BCUT2D eigenvalue weighted by Gasteiger charge is 2.08. The van der Waals surface area contributed by atoms with Gasteiger partial charge in [-0.1, -0.05) is 0 Å². The van der Waals surface area contributed by atoms with Gasteiger partial charge in [-0.25, -0.2) is 19.7 Å². The van der Waals surface area contributed by atoms with Crippen molar-refractivity contribution in [2.45, 2.75) is 6.92 Å². The minimum atomic E-state index is -0.387. The Morgan fingerprint density at radius 3 is 2.15 bits per heavy atom. The molecule has 2 heterocycles. The summed E-state index contributed by atoms with van der Waals surface area (Å²) in [6.45, 7) is 1.90. The van der Waals surface area contributed by atoms with Gasteiger partial charge in [-0.2, -0.15) is 0 Å². The molecule has 0 saturated heterocycles. The van der Waals surface area contributed by atoms with Gasteiger partial charge in [0.2, 0.25) is 0 Å².